The standard InChI is InChI=1S/C9H16N4/c1-13-8(7-2-3-7)6-9(12-13)11-5-4-10/h6-7H,2-5,10H2,1H3,(H,11,12). The van der Waals surface area contributed by atoms with Gasteiger partial charge in [-0.3, -0.25) is 4.68 Å². The van der Waals surface area contributed by atoms with E-state index in [0.29, 0.717) is 6.54 Å². The van der Waals surface area contributed by atoms with Crippen molar-refractivity contribution in [3.05, 3.63) is 11.8 Å². The molecule has 0 aliphatic heterocycles. The van der Waals surface area contributed by atoms with Gasteiger partial charge < -0.3 is 11.1 Å². The third kappa shape index (κ3) is 1.83. The smallest absolute Gasteiger partial charge is 0.148 e. The molecule has 72 valence electrons. The van der Waals surface area contributed by atoms with Crippen LogP contribution in [0, 0.1) is 0 Å². The summed E-state index contributed by atoms with van der Waals surface area (Å²) >= 11 is 0. The zero-order valence-electron chi connectivity index (χ0n) is 7.95. The molecule has 1 fully saturated rings. The molecule has 13 heavy (non-hydrogen) atoms. The van der Waals surface area contributed by atoms with Crippen LogP contribution < -0.4 is 11.1 Å². The highest BCUT2D eigenvalue weighted by Crippen LogP contribution is 2.40. The molecule has 0 amide bonds. The summed E-state index contributed by atoms with van der Waals surface area (Å²) in [6, 6.07) is 2.13. The van der Waals surface area contributed by atoms with Gasteiger partial charge in [-0.2, -0.15) is 5.10 Å². The number of aryl methyl sites for hydroxylation is 1. The molecule has 0 radical (unpaired) electrons. The Bertz CT molecular complexity index is 288. The van der Waals surface area contributed by atoms with E-state index >= 15 is 0 Å². The summed E-state index contributed by atoms with van der Waals surface area (Å²) in [4.78, 5) is 0. The molecule has 1 saturated carbocycles. The van der Waals surface area contributed by atoms with Gasteiger partial charge in [0.1, 0.15) is 5.82 Å². The van der Waals surface area contributed by atoms with Crippen molar-refractivity contribution >= 4 is 5.82 Å². The average molecular weight is 180 g/mol. The third-order valence-corrected chi connectivity index (χ3v) is 2.36. The number of nitrogens with zero attached hydrogens (tertiary/aromatic N) is 2. The quantitative estimate of drug-likeness (QED) is 0.716. The zero-order valence-corrected chi connectivity index (χ0v) is 7.95. The molecule has 1 aliphatic carbocycles. The van der Waals surface area contributed by atoms with Gasteiger partial charge in [0, 0.05) is 37.8 Å². The Kier molecular flexibility index (Phi) is 2.22. The van der Waals surface area contributed by atoms with E-state index in [9.17, 15) is 0 Å². The van der Waals surface area contributed by atoms with Gasteiger partial charge in [0.25, 0.3) is 0 Å². The summed E-state index contributed by atoms with van der Waals surface area (Å²) in [5.41, 5.74) is 6.74. The van der Waals surface area contributed by atoms with Gasteiger partial charge in [0.05, 0.1) is 0 Å². The minimum atomic E-state index is 0.648. The van der Waals surface area contributed by atoms with E-state index < -0.39 is 0 Å². The number of nitrogens with two attached hydrogens (primary N) is 1. The van der Waals surface area contributed by atoms with Crippen LogP contribution in [0.25, 0.3) is 0 Å². The number of rotatable bonds is 4. The average Bonchev–Trinajstić information content (AvgIpc) is 2.88. The van der Waals surface area contributed by atoms with Crippen molar-refractivity contribution in [2.24, 2.45) is 12.8 Å². The van der Waals surface area contributed by atoms with Gasteiger partial charge in [-0.25, -0.2) is 0 Å². The van der Waals surface area contributed by atoms with Crippen molar-refractivity contribution < 1.29 is 0 Å². The lowest BCUT2D eigenvalue weighted by Crippen LogP contribution is -2.13. The fourth-order valence-electron chi connectivity index (χ4n) is 1.53. The maximum absolute atomic E-state index is 5.40. The van der Waals surface area contributed by atoms with Crippen molar-refractivity contribution in [2.45, 2.75) is 18.8 Å². The number of hydrogen-bond donors (Lipinski definition) is 2. The lowest BCUT2D eigenvalue weighted by Gasteiger charge is -1.97. The lowest BCUT2D eigenvalue weighted by molar-refractivity contribution is 0.714. The molecule has 0 saturated heterocycles. The van der Waals surface area contributed by atoms with E-state index in [4.69, 9.17) is 5.73 Å². The van der Waals surface area contributed by atoms with E-state index in [2.05, 4.69) is 16.5 Å². The third-order valence-electron chi connectivity index (χ3n) is 2.36. The van der Waals surface area contributed by atoms with Gasteiger partial charge in [-0.15, -0.1) is 0 Å². The summed E-state index contributed by atoms with van der Waals surface area (Å²) in [5.74, 6) is 1.71. The molecule has 4 nitrogen and oxygen atoms in total. The minimum Gasteiger partial charge on any atom is -0.367 e. The second kappa shape index (κ2) is 3.38. The first-order valence-corrected chi connectivity index (χ1v) is 4.79. The van der Waals surface area contributed by atoms with Crippen molar-refractivity contribution in [3.8, 4) is 0 Å². The molecule has 1 aromatic rings. The van der Waals surface area contributed by atoms with Crippen LogP contribution in [0.15, 0.2) is 6.07 Å². The van der Waals surface area contributed by atoms with Crippen LogP contribution in [0.2, 0.25) is 0 Å². The van der Waals surface area contributed by atoms with Crippen LogP contribution in [-0.4, -0.2) is 22.9 Å². The largest absolute Gasteiger partial charge is 0.367 e. The Morgan fingerprint density at radius 2 is 2.46 bits per heavy atom. The van der Waals surface area contributed by atoms with Crippen LogP contribution in [-0.2, 0) is 7.05 Å². The Hall–Kier alpha value is -1.03. The van der Waals surface area contributed by atoms with E-state index in [1.54, 1.807) is 0 Å². The van der Waals surface area contributed by atoms with E-state index in [1.807, 2.05) is 11.7 Å². The Labute approximate surface area is 78.1 Å². The molecule has 0 bridgehead atoms. The van der Waals surface area contributed by atoms with Crippen molar-refractivity contribution in [1.29, 1.82) is 0 Å². The first-order chi connectivity index (χ1) is 6.31. The number of nitrogens with one attached hydrogen (secondary N) is 1. The number of anilines is 1. The van der Waals surface area contributed by atoms with E-state index in [-0.39, 0.29) is 0 Å². The summed E-state index contributed by atoms with van der Waals surface area (Å²) in [6.45, 7) is 1.44. The van der Waals surface area contributed by atoms with Crippen LogP contribution in [0.1, 0.15) is 24.5 Å². The van der Waals surface area contributed by atoms with Gasteiger partial charge in [0.15, 0.2) is 0 Å². The molecule has 1 heterocycles. The van der Waals surface area contributed by atoms with Crippen molar-refractivity contribution in [3.63, 3.8) is 0 Å². The van der Waals surface area contributed by atoms with Crippen LogP contribution >= 0.6 is 0 Å². The van der Waals surface area contributed by atoms with Gasteiger partial charge in [-0.1, -0.05) is 0 Å². The van der Waals surface area contributed by atoms with Crippen molar-refractivity contribution in [1.82, 2.24) is 9.78 Å². The summed E-state index contributed by atoms with van der Waals surface area (Å²) < 4.78 is 1.97. The predicted octanol–water partition coefficient (Wildman–Crippen LogP) is 0.668. The normalized spacial score (nSPS) is 16.2. The van der Waals surface area contributed by atoms with E-state index in [0.717, 1.165) is 18.3 Å². The van der Waals surface area contributed by atoms with Crippen molar-refractivity contribution in [2.75, 3.05) is 18.4 Å². The molecule has 0 unspecified atom stereocenters. The maximum atomic E-state index is 5.40. The van der Waals surface area contributed by atoms with E-state index in [1.165, 1.54) is 18.5 Å². The SMILES string of the molecule is Cn1nc(NCCN)cc1C1CC1. The minimum absolute atomic E-state index is 0.648. The molecule has 0 spiro atoms. The first-order valence-electron chi connectivity index (χ1n) is 4.79. The summed E-state index contributed by atoms with van der Waals surface area (Å²) in [6.07, 6.45) is 2.63. The number of aromatic nitrogens is 2. The molecule has 3 N–H and O–H groups in total. The fraction of sp³-hybridized carbons (Fsp3) is 0.667. The summed E-state index contributed by atoms with van der Waals surface area (Å²) in [5, 5.41) is 7.54. The van der Waals surface area contributed by atoms with Gasteiger partial charge in [0.2, 0.25) is 0 Å². The monoisotopic (exact) mass is 180 g/mol. The first kappa shape index (κ1) is 8.56. The maximum Gasteiger partial charge on any atom is 0.148 e. The molecule has 1 aromatic heterocycles. The molecular weight excluding hydrogens is 164 g/mol. The predicted molar refractivity (Wildman–Crippen MR) is 52.7 cm³/mol. The molecular formula is C9H16N4. The zero-order chi connectivity index (χ0) is 9.26. The molecule has 0 atom stereocenters. The fourth-order valence-corrected chi connectivity index (χ4v) is 1.53. The Morgan fingerprint density at radius 3 is 3.08 bits per heavy atom. The Balaban J connectivity index is 2.05. The topological polar surface area (TPSA) is 55.9 Å². The second-order valence-corrected chi connectivity index (χ2v) is 3.57. The Morgan fingerprint density at radius 1 is 1.69 bits per heavy atom. The molecule has 1 aliphatic rings. The highest BCUT2D eigenvalue weighted by molar-refractivity contribution is 5.38. The number of hydrogen-bond acceptors (Lipinski definition) is 3. The molecule has 4 heteroatoms. The van der Waals surface area contributed by atoms with Crippen LogP contribution in [0.4, 0.5) is 5.82 Å². The molecule has 0 aromatic carbocycles. The lowest BCUT2D eigenvalue weighted by atomic mass is 10.3. The van der Waals surface area contributed by atoms with Crippen LogP contribution in [0.3, 0.4) is 0 Å². The second-order valence-electron chi connectivity index (χ2n) is 3.57. The molecule has 2 rings (SSSR count). The van der Waals surface area contributed by atoms with Gasteiger partial charge in [-0.05, 0) is 12.8 Å². The highest BCUT2D eigenvalue weighted by atomic mass is 15.3. The van der Waals surface area contributed by atoms with Gasteiger partial charge >= 0.3 is 0 Å². The summed E-state index contributed by atoms with van der Waals surface area (Å²) in [7, 11) is 2.00. The van der Waals surface area contributed by atoms with Crippen LogP contribution in [0.5, 0.6) is 0 Å². The highest BCUT2D eigenvalue weighted by Gasteiger charge is 2.26.